The van der Waals surface area contributed by atoms with Gasteiger partial charge in [-0.1, -0.05) is 12.1 Å². The van der Waals surface area contributed by atoms with Crippen molar-refractivity contribution in [3.63, 3.8) is 0 Å². The first-order valence-corrected chi connectivity index (χ1v) is 5.76. The number of amides is 1. The van der Waals surface area contributed by atoms with E-state index in [2.05, 4.69) is 0 Å². The van der Waals surface area contributed by atoms with E-state index in [9.17, 15) is 14.7 Å². The number of aliphatic carboxylic acids is 1. The number of benzene rings is 1. The summed E-state index contributed by atoms with van der Waals surface area (Å²) in [4.78, 5) is 24.1. The summed E-state index contributed by atoms with van der Waals surface area (Å²) in [6.45, 7) is 1.61. The van der Waals surface area contributed by atoms with Crippen molar-refractivity contribution in [3.05, 3.63) is 29.3 Å². The highest BCUT2D eigenvalue weighted by Crippen LogP contribution is 2.22. The number of hydrogen-bond acceptors (Lipinski definition) is 4. The highest BCUT2D eigenvalue weighted by Gasteiger charge is 2.21. The highest BCUT2D eigenvalue weighted by atomic mass is 16.5. The average molecular weight is 267 g/mol. The van der Waals surface area contributed by atoms with Crippen LogP contribution in [0.15, 0.2) is 18.2 Å². The molecule has 0 fully saturated rings. The number of methoxy groups -OCH3 is 1. The molecule has 0 spiro atoms. The number of phenolic OH excluding ortho intramolecular Hbond substituents is 1. The Morgan fingerprint density at radius 1 is 1.37 bits per heavy atom. The Balaban J connectivity index is 2.97. The van der Waals surface area contributed by atoms with Crippen LogP contribution in [0.25, 0.3) is 0 Å². The number of nitrogens with zero attached hydrogens (tertiary/aromatic N) is 1. The molecule has 0 atom stereocenters. The third-order valence-corrected chi connectivity index (χ3v) is 2.65. The fourth-order valence-corrected chi connectivity index (χ4v) is 1.62. The van der Waals surface area contributed by atoms with Gasteiger partial charge in [-0.05, 0) is 18.6 Å². The van der Waals surface area contributed by atoms with Crippen LogP contribution in [0.5, 0.6) is 5.75 Å². The van der Waals surface area contributed by atoms with Crippen LogP contribution >= 0.6 is 0 Å². The zero-order chi connectivity index (χ0) is 14.4. The molecule has 1 rings (SSSR count). The second-order valence-corrected chi connectivity index (χ2v) is 4.08. The molecule has 6 heteroatoms. The molecule has 1 aromatic rings. The summed E-state index contributed by atoms with van der Waals surface area (Å²) < 4.78 is 4.84. The van der Waals surface area contributed by atoms with Crippen LogP contribution in [0, 0.1) is 6.92 Å². The third kappa shape index (κ3) is 3.96. The molecule has 2 N–H and O–H groups in total. The number of carboxylic acid groups (broad SMARTS) is 1. The zero-order valence-electron chi connectivity index (χ0n) is 10.9. The number of hydrogen-bond donors (Lipinski definition) is 2. The van der Waals surface area contributed by atoms with Gasteiger partial charge in [0, 0.05) is 13.7 Å². The monoisotopic (exact) mass is 267 g/mol. The van der Waals surface area contributed by atoms with Gasteiger partial charge in [0.2, 0.25) is 0 Å². The van der Waals surface area contributed by atoms with Crippen molar-refractivity contribution >= 4 is 11.9 Å². The van der Waals surface area contributed by atoms with Crippen molar-refractivity contribution in [2.24, 2.45) is 0 Å². The Hall–Kier alpha value is -2.08. The fraction of sp³-hybridized carbons (Fsp3) is 0.385. The minimum atomic E-state index is -1.11. The number of aromatic hydroxyl groups is 1. The Labute approximate surface area is 111 Å². The van der Waals surface area contributed by atoms with Gasteiger partial charge >= 0.3 is 5.97 Å². The average Bonchev–Trinajstić information content (AvgIpc) is 2.36. The first kappa shape index (κ1) is 15.0. The molecule has 0 aromatic heterocycles. The fourth-order valence-electron chi connectivity index (χ4n) is 1.62. The predicted octanol–water partition coefficient (Wildman–Crippen LogP) is 0.874. The maximum Gasteiger partial charge on any atom is 0.323 e. The highest BCUT2D eigenvalue weighted by molar-refractivity contribution is 5.98. The minimum absolute atomic E-state index is 0.0948. The van der Waals surface area contributed by atoms with Gasteiger partial charge in [-0.2, -0.15) is 0 Å². The van der Waals surface area contributed by atoms with Crippen LogP contribution in [-0.4, -0.2) is 53.8 Å². The number of phenols is 1. The standard InChI is InChI=1S/C13H17NO5/c1-9-4-3-5-10(12(9)17)13(18)14(6-7-19-2)8-11(15)16/h3-5,17H,6-8H2,1-2H3,(H,15,16). The number of aryl methyl sites for hydroxylation is 1. The van der Waals surface area contributed by atoms with E-state index in [1.165, 1.54) is 13.2 Å². The number of ether oxygens (including phenoxy) is 1. The molecule has 1 amide bonds. The lowest BCUT2D eigenvalue weighted by Crippen LogP contribution is -2.38. The molecule has 0 saturated heterocycles. The van der Waals surface area contributed by atoms with Gasteiger partial charge < -0.3 is 19.8 Å². The molecule has 104 valence electrons. The first-order valence-electron chi connectivity index (χ1n) is 5.76. The maximum absolute atomic E-state index is 12.2. The Bertz CT molecular complexity index is 472. The van der Waals surface area contributed by atoms with Gasteiger partial charge in [0.15, 0.2) is 0 Å². The van der Waals surface area contributed by atoms with Crippen molar-refractivity contribution in [1.82, 2.24) is 4.90 Å². The lowest BCUT2D eigenvalue weighted by molar-refractivity contribution is -0.137. The number of rotatable bonds is 6. The Morgan fingerprint density at radius 3 is 2.63 bits per heavy atom. The SMILES string of the molecule is COCCN(CC(=O)O)C(=O)c1cccc(C)c1O. The van der Waals surface area contributed by atoms with Gasteiger partial charge in [0.25, 0.3) is 5.91 Å². The van der Waals surface area contributed by atoms with Crippen LogP contribution in [0.2, 0.25) is 0 Å². The summed E-state index contributed by atoms with van der Waals surface area (Å²) in [5, 5.41) is 18.7. The summed E-state index contributed by atoms with van der Waals surface area (Å²) in [5.74, 6) is -1.77. The lowest BCUT2D eigenvalue weighted by Gasteiger charge is -2.21. The quantitative estimate of drug-likeness (QED) is 0.798. The van der Waals surface area contributed by atoms with Crippen LogP contribution < -0.4 is 0 Å². The molecule has 6 nitrogen and oxygen atoms in total. The van der Waals surface area contributed by atoms with Crippen molar-refractivity contribution in [1.29, 1.82) is 0 Å². The van der Waals surface area contributed by atoms with E-state index in [0.29, 0.717) is 5.56 Å². The second kappa shape index (κ2) is 6.75. The molecule has 0 unspecified atom stereocenters. The zero-order valence-corrected chi connectivity index (χ0v) is 10.9. The van der Waals surface area contributed by atoms with Crippen molar-refractivity contribution in [2.45, 2.75) is 6.92 Å². The Kier molecular flexibility index (Phi) is 5.32. The minimum Gasteiger partial charge on any atom is -0.507 e. The van der Waals surface area contributed by atoms with Crippen LogP contribution in [-0.2, 0) is 9.53 Å². The van der Waals surface area contributed by atoms with E-state index in [4.69, 9.17) is 9.84 Å². The van der Waals surface area contributed by atoms with E-state index in [-0.39, 0.29) is 24.5 Å². The molecule has 0 aliphatic rings. The van der Waals surface area contributed by atoms with Gasteiger partial charge in [-0.15, -0.1) is 0 Å². The molecule has 0 bridgehead atoms. The van der Waals surface area contributed by atoms with E-state index in [1.54, 1.807) is 19.1 Å². The largest absolute Gasteiger partial charge is 0.507 e. The number of para-hydroxylation sites is 1. The Morgan fingerprint density at radius 2 is 2.05 bits per heavy atom. The predicted molar refractivity (Wildman–Crippen MR) is 68.3 cm³/mol. The number of carbonyl (C=O) groups excluding carboxylic acids is 1. The van der Waals surface area contributed by atoms with E-state index in [1.807, 2.05) is 0 Å². The van der Waals surface area contributed by atoms with Crippen LogP contribution in [0.4, 0.5) is 0 Å². The second-order valence-electron chi connectivity index (χ2n) is 4.08. The van der Waals surface area contributed by atoms with E-state index in [0.717, 1.165) is 4.90 Å². The summed E-state index contributed by atoms with van der Waals surface area (Å²) in [5.41, 5.74) is 0.658. The number of carbonyl (C=O) groups is 2. The van der Waals surface area contributed by atoms with Gasteiger partial charge in [0.1, 0.15) is 12.3 Å². The summed E-state index contributed by atoms with van der Waals surface area (Å²) in [7, 11) is 1.47. The molecule has 0 aliphatic carbocycles. The normalized spacial score (nSPS) is 10.2. The summed E-state index contributed by atoms with van der Waals surface area (Å²) in [6.07, 6.45) is 0. The molecule has 1 aromatic carbocycles. The first-order chi connectivity index (χ1) is 8.97. The smallest absolute Gasteiger partial charge is 0.323 e. The van der Waals surface area contributed by atoms with Crippen molar-refractivity contribution < 1.29 is 24.5 Å². The molecule has 0 heterocycles. The topological polar surface area (TPSA) is 87.1 Å². The molecular weight excluding hydrogens is 250 g/mol. The maximum atomic E-state index is 12.2. The summed E-state index contributed by atoms with van der Waals surface area (Å²) >= 11 is 0. The number of carboxylic acids is 1. The van der Waals surface area contributed by atoms with Crippen LogP contribution in [0.1, 0.15) is 15.9 Å². The molecule has 0 saturated carbocycles. The molecular formula is C13H17NO5. The van der Waals surface area contributed by atoms with E-state index < -0.39 is 18.4 Å². The van der Waals surface area contributed by atoms with Crippen molar-refractivity contribution in [2.75, 3.05) is 26.8 Å². The molecule has 0 radical (unpaired) electrons. The molecule has 19 heavy (non-hydrogen) atoms. The van der Waals surface area contributed by atoms with Gasteiger partial charge in [-0.25, -0.2) is 0 Å². The lowest BCUT2D eigenvalue weighted by atomic mass is 10.1. The van der Waals surface area contributed by atoms with Gasteiger partial charge in [0.05, 0.1) is 12.2 Å². The van der Waals surface area contributed by atoms with Gasteiger partial charge in [-0.3, -0.25) is 9.59 Å². The van der Waals surface area contributed by atoms with Crippen molar-refractivity contribution in [3.8, 4) is 5.75 Å². The van der Waals surface area contributed by atoms with Crippen LogP contribution in [0.3, 0.4) is 0 Å². The van der Waals surface area contributed by atoms with E-state index >= 15 is 0 Å². The molecule has 0 aliphatic heterocycles. The summed E-state index contributed by atoms with van der Waals surface area (Å²) in [6, 6.07) is 4.77. The third-order valence-electron chi connectivity index (χ3n) is 2.65.